The highest BCUT2D eigenvalue weighted by Crippen LogP contribution is 2.44. The van der Waals surface area contributed by atoms with Crippen LogP contribution in [0.25, 0.3) is 11.3 Å². The number of carbonyl (C=O) groups is 1. The Balaban J connectivity index is 1.56. The summed E-state index contributed by atoms with van der Waals surface area (Å²) in [6, 6.07) is 14.3. The molecule has 1 aliphatic heterocycles. The van der Waals surface area contributed by atoms with Crippen LogP contribution in [0.15, 0.2) is 59.1 Å². The van der Waals surface area contributed by atoms with Crippen LogP contribution in [0.1, 0.15) is 59.6 Å². The van der Waals surface area contributed by atoms with Gasteiger partial charge in [-0.1, -0.05) is 30.5 Å². The second-order valence-corrected chi connectivity index (χ2v) is 8.97. The van der Waals surface area contributed by atoms with E-state index in [-0.39, 0.29) is 17.6 Å². The summed E-state index contributed by atoms with van der Waals surface area (Å²) in [4.78, 5) is 18.3. The van der Waals surface area contributed by atoms with Crippen molar-refractivity contribution in [1.29, 1.82) is 0 Å². The monoisotopic (exact) mass is 467 g/mol. The Hall–Kier alpha value is -2.90. The first kappa shape index (κ1) is 21.0. The number of benzene rings is 1. The third-order valence-electron chi connectivity index (χ3n) is 6.25. The van der Waals surface area contributed by atoms with Crippen molar-refractivity contribution in [2.24, 2.45) is 0 Å². The summed E-state index contributed by atoms with van der Waals surface area (Å²) in [5.41, 5.74) is 1.60. The lowest BCUT2D eigenvalue weighted by atomic mass is 10.0. The van der Waals surface area contributed by atoms with Crippen LogP contribution in [0.2, 0.25) is 5.02 Å². The molecule has 2 aliphatic rings. The van der Waals surface area contributed by atoms with Crippen molar-refractivity contribution in [3.05, 3.63) is 76.8 Å². The first-order valence-electron chi connectivity index (χ1n) is 10.7. The number of hydrogen-bond acceptors (Lipinski definition) is 4. The van der Waals surface area contributed by atoms with Gasteiger partial charge in [0.2, 0.25) is 0 Å². The number of halogens is 1. The first-order valence-corrected chi connectivity index (χ1v) is 11.4. The first-order chi connectivity index (χ1) is 15.5. The predicted octanol–water partition coefficient (Wildman–Crippen LogP) is 5.61. The fourth-order valence-electron chi connectivity index (χ4n) is 4.75. The van der Waals surface area contributed by atoms with Crippen LogP contribution in [0.4, 0.5) is 0 Å². The molecule has 164 valence electrons. The van der Waals surface area contributed by atoms with Crippen molar-refractivity contribution < 1.29 is 14.3 Å². The molecular weight excluding hydrogens is 446 g/mol. The minimum Gasteiger partial charge on any atom is -0.478 e. The van der Waals surface area contributed by atoms with Crippen LogP contribution >= 0.6 is 23.8 Å². The molecule has 0 radical (unpaired) electrons. The lowest BCUT2D eigenvalue weighted by Gasteiger charge is -2.31. The van der Waals surface area contributed by atoms with Crippen molar-refractivity contribution in [3.8, 4) is 11.3 Å². The molecule has 2 aromatic heterocycles. The topological polar surface area (TPSA) is 78.6 Å². The van der Waals surface area contributed by atoms with Gasteiger partial charge in [0.25, 0.3) is 0 Å². The maximum absolute atomic E-state index is 11.4. The van der Waals surface area contributed by atoms with Crippen LogP contribution in [-0.4, -0.2) is 32.1 Å². The van der Waals surface area contributed by atoms with Gasteiger partial charge in [-0.25, -0.2) is 4.79 Å². The zero-order valence-electron chi connectivity index (χ0n) is 17.2. The predicted molar refractivity (Wildman–Crippen MR) is 126 cm³/mol. The lowest BCUT2D eigenvalue weighted by Crippen LogP contribution is -2.37. The van der Waals surface area contributed by atoms with Gasteiger partial charge in [0.1, 0.15) is 17.6 Å². The molecule has 2 N–H and O–H groups in total. The zero-order valence-corrected chi connectivity index (χ0v) is 18.8. The third-order valence-corrected chi connectivity index (χ3v) is 6.91. The summed E-state index contributed by atoms with van der Waals surface area (Å²) in [5, 5.41) is 14.0. The standard InChI is InChI=1S/C24H22ClN3O3S/c25-17-9-8-14(23(29)30)13-16(17)19-10-11-20(31-19)22-21(18-7-3-4-12-26-18)27-24(32)28(22)15-5-1-2-6-15/h3-4,7-13,15,21-22H,1-2,5-6H2,(H,27,32)(H,29,30)/t21-,22-/m1/s1. The van der Waals surface area contributed by atoms with Crippen molar-refractivity contribution in [3.63, 3.8) is 0 Å². The van der Waals surface area contributed by atoms with Gasteiger partial charge in [0.05, 0.1) is 22.3 Å². The number of carboxylic acid groups (broad SMARTS) is 1. The molecule has 3 aromatic rings. The van der Waals surface area contributed by atoms with E-state index in [9.17, 15) is 9.90 Å². The molecule has 1 aromatic carbocycles. The number of rotatable bonds is 5. The Labute approximate surface area is 196 Å². The summed E-state index contributed by atoms with van der Waals surface area (Å²) >= 11 is 12.1. The van der Waals surface area contributed by atoms with Crippen LogP contribution in [0, 0.1) is 0 Å². The van der Waals surface area contributed by atoms with Crippen molar-refractivity contribution in [2.75, 3.05) is 0 Å². The van der Waals surface area contributed by atoms with E-state index in [2.05, 4.69) is 15.2 Å². The van der Waals surface area contributed by atoms with Crippen molar-refractivity contribution >= 4 is 34.9 Å². The van der Waals surface area contributed by atoms with E-state index < -0.39 is 5.97 Å². The number of thiocarbonyl (C=S) groups is 1. The Kier molecular flexibility index (Phi) is 5.61. The van der Waals surface area contributed by atoms with E-state index in [1.807, 2.05) is 30.3 Å². The van der Waals surface area contributed by atoms with Crippen LogP contribution in [-0.2, 0) is 0 Å². The molecule has 0 unspecified atom stereocenters. The van der Waals surface area contributed by atoms with E-state index in [1.165, 1.54) is 25.0 Å². The average molecular weight is 468 g/mol. The second-order valence-electron chi connectivity index (χ2n) is 8.17. The minimum absolute atomic E-state index is 0.149. The van der Waals surface area contributed by atoms with E-state index in [0.29, 0.717) is 27.5 Å². The molecule has 2 atom stereocenters. The number of carboxylic acids is 1. The molecule has 1 saturated heterocycles. The Morgan fingerprint density at radius 3 is 2.72 bits per heavy atom. The highest BCUT2D eigenvalue weighted by atomic mass is 35.5. The third kappa shape index (κ3) is 3.76. The van der Waals surface area contributed by atoms with E-state index in [0.717, 1.165) is 24.3 Å². The molecule has 0 amide bonds. The number of hydrogen-bond donors (Lipinski definition) is 2. The molecule has 6 nitrogen and oxygen atoms in total. The quantitative estimate of drug-likeness (QED) is 0.472. The molecule has 5 rings (SSSR count). The minimum atomic E-state index is -1.01. The van der Waals surface area contributed by atoms with Crippen LogP contribution in [0.5, 0.6) is 0 Å². The van der Waals surface area contributed by atoms with Gasteiger partial charge in [-0.2, -0.15) is 0 Å². The molecule has 1 saturated carbocycles. The fraction of sp³-hybridized carbons (Fsp3) is 0.292. The Morgan fingerprint density at radius 2 is 2.00 bits per heavy atom. The molecule has 0 spiro atoms. The van der Waals surface area contributed by atoms with Gasteiger partial charge in [-0.15, -0.1) is 0 Å². The average Bonchev–Trinajstić information content (AvgIpc) is 3.54. The summed E-state index contributed by atoms with van der Waals surface area (Å²) in [6.07, 6.45) is 6.33. The molecule has 0 bridgehead atoms. The Morgan fingerprint density at radius 1 is 1.19 bits per heavy atom. The fourth-order valence-corrected chi connectivity index (χ4v) is 5.35. The lowest BCUT2D eigenvalue weighted by molar-refractivity contribution is 0.0697. The highest BCUT2D eigenvalue weighted by molar-refractivity contribution is 7.80. The molecular formula is C24H22ClN3O3S. The maximum atomic E-state index is 11.4. The number of aromatic carboxylic acids is 1. The summed E-state index contributed by atoms with van der Waals surface area (Å²) in [6.45, 7) is 0. The van der Waals surface area contributed by atoms with Gasteiger partial charge in [-0.3, -0.25) is 4.98 Å². The van der Waals surface area contributed by atoms with E-state index in [4.69, 9.17) is 28.2 Å². The largest absolute Gasteiger partial charge is 0.478 e. The van der Waals surface area contributed by atoms with Crippen molar-refractivity contribution in [2.45, 2.75) is 43.8 Å². The zero-order chi connectivity index (χ0) is 22.2. The Bertz CT molecular complexity index is 1160. The summed E-state index contributed by atoms with van der Waals surface area (Å²) in [5.74, 6) is 0.256. The molecule has 1 aliphatic carbocycles. The number of furan rings is 1. The number of pyridine rings is 1. The van der Waals surface area contributed by atoms with Crippen LogP contribution < -0.4 is 5.32 Å². The molecule has 8 heteroatoms. The summed E-state index contributed by atoms with van der Waals surface area (Å²) in [7, 11) is 0. The van der Waals surface area contributed by atoms with Gasteiger partial charge < -0.3 is 19.7 Å². The SMILES string of the molecule is O=C(O)c1ccc(Cl)c(-c2ccc([C@@H]3[C@@H](c4ccccn4)NC(=S)N3C3CCCC3)o2)c1. The number of nitrogens with zero attached hydrogens (tertiary/aromatic N) is 2. The summed E-state index contributed by atoms with van der Waals surface area (Å²) < 4.78 is 6.31. The molecule has 3 heterocycles. The smallest absolute Gasteiger partial charge is 0.335 e. The van der Waals surface area contributed by atoms with E-state index in [1.54, 1.807) is 12.3 Å². The van der Waals surface area contributed by atoms with Gasteiger partial charge in [0.15, 0.2) is 5.11 Å². The van der Waals surface area contributed by atoms with Gasteiger partial charge >= 0.3 is 5.97 Å². The molecule has 2 fully saturated rings. The normalized spacial score (nSPS) is 21.2. The number of nitrogens with one attached hydrogen (secondary N) is 1. The van der Waals surface area contributed by atoms with E-state index >= 15 is 0 Å². The van der Waals surface area contributed by atoms with Crippen LogP contribution in [0.3, 0.4) is 0 Å². The highest BCUT2D eigenvalue weighted by Gasteiger charge is 2.45. The molecule has 32 heavy (non-hydrogen) atoms. The number of aromatic nitrogens is 1. The van der Waals surface area contributed by atoms with Crippen molar-refractivity contribution in [1.82, 2.24) is 15.2 Å². The van der Waals surface area contributed by atoms with Gasteiger partial charge in [-0.05, 0) is 67.5 Å². The second kappa shape index (κ2) is 8.56. The van der Waals surface area contributed by atoms with Gasteiger partial charge in [0, 0.05) is 17.8 Å². The maximum Gasteiger partial charge on any atom is 0.335 e.